The van der Waals surface area contributed by atoms with E-state index >= 15 is 0 Å². The van der Waals surface area contributed by atoms with Crippen LogP contribution in [0.15, 0.2) is 79.1 Å². The Hall–Kier alpha value is -4.31. The van der Waals surface area contributed by atoms with Crippen molar-refractivity contribution in [1.82, 2.24) is 20.3 Å². The van der Waals surface area contributed by atoms with Crippen LogP contribution in [0.5, 0.6) is 5.75 Å². The standard InChI is InChI=1S/C26H25N5O4S/c1-2-35-21-10-8-20(9-11-21)28-23(32)16-22-25(34)30(17-18-6-4-3-5-7-18)26(36)31(22)29-24(33)19-12-14-27-15-13-19/h3-15,22H,2,16-17H2,1H3,(H,28,32)(H,29,33). The molecule has 9 nitrogen and oxygen atoms in total. The second-order valence-electron chi connectivity index (χ2n) is 7.96. The molecule has 4 rings (SSSR count). The monoisotopic (exact) mass is 503 g/mol. The predicted octanol–water partition coefficient (Wildman–Crippen LogP) is 3.15. The van der Waals surface area contributed by atoms with Crippen molar-refractivity contribution >= 4 is 40.7 Å². The molecule has 2 heterocycles. The average Bonchev–Trinajstić information content (AvgIpc) is 3.10. The number of pyridine rings is 1. The molecule has 1 aliphatic heterocycles. The van der Waals surface area contributed by atoms with Crippen LogP contribution in [0.4, 0.5) is 5.69 Å². The number of nitrogens with zero attached hydrogens (tertiary/aromatic N) is 3. The van der Waals surface area contributed by atoms with Gasteiger partial charge in [-0.3, -0.25) is 29.7 Å². The third-order valence-electron chi connectivity index (χ3n) is 5.48. The molecule has 1 unspecified atom stereocenters. The van der Waals surface area contributed by atoms with Crippen molar-refractivity contribution < 1.29 is 19.1 Å². The Labute approximate surface area is 214 Å². The Morgan fingerprint density at radius 1 is 1.03 bits per heavy atom. The Kier molecular flexibility index (Phi) is 7.86. The van der Waals surface area contributed by atoms with Crippen molar-refractivity contribution in [2.75, 3.05) is 11.9 Å². The fraction of sp³-hybridized carbons (Fsp3) is 0.192. The molecule has 1 saturated heterocycles. The zero-order valence-electron chi connectivity index (χ0n) is 19.6. The van der Waals surface area contributed by atoms with Crippen LogP contribution >= 0.6 is 12.2 Å². The summed E-state index contributed by atoms with van der Waals surface area (Å²) in [5, 5.41) is 4.20. The Morgan fingerprint density at radius 3 is 2.39 bits per heavy atom. The van der Waals surface area contributed by atoms with Crippen LogP contribution in [0.25, 0.3) is 0 Å². The van der Waals surface area contributed by atoms with Gasteiger partial charge in [0.25, 0.3) is 11.8 Å². The van der Waals surface area contributed by atoms with E-state index in [2.05, 4.69) is 15.7 Å². The maximum absolute atomic E-state index is 13.4. The number of hydrogen-bond donors (Lipinski definition) is 2. The summed E-state index contributed by atoms with van der Waals surface area (Å²) < 4.78 is 5.42. The first-order valence-corrected chi connectivity index (χ1v) is 11.8. The summed E-state index contributed by atoms with van der Waals surface area (Å²) in [6.45, 7) is 2.64. The van der Waals surface area contributed by atoms with Crippen molar-refractivity contribution in [3.05, 3.63) is 90.3 Å². The van der Waals surface area contributed by atoms with E-state index in [0.717, 1.165) is 5.56 Å². The SMILES string of the molecule is CCOc1ccc(NC(=O)CC2C(=O)N(Cc3ccccc3)C(=S)N2NC(=O)c2ccncc2)cc1. The molecular weight excluding hydrogens is 478 g/mol. The maximum Gasteiger partial charge on any atom is 0.269 e. The number of nitrogens with one attached hydrogen (secondary N) is 2. The smallest absolute Gasteiger partial charge is 0.269 e. The Bertz CT molecular complexity index is 1240. The summed E-state index contributed by atoms with van der Waals surface area (Å²) in [5.74, 6) is -0.551. The molecule has 36 heavy (non-hydrogen) atoms. The second kappa shape index (κ2) is 11.4. The van der Waals surface area contributed by atoms with Crippen LogP contribution in [0.3, 0.4) is 0 Å². The van der Waals surface area contributed by atoms with E-state index < -0.39 is 17.9 Å². The number of hydrazine groups is 1. The first-order chi connectivity index (χ1) is 17.5. The minimum atomic E-state index is -1.00. The number of aromatic nitrogens is 1. The van der Waals surface area contributed by atoms with Gasteiger partial charge in [0, 0.05) is 23.6 Å². The molecule has 1 fully saturated rings. The van der Waals surface area contributed by atoms with Crippen molar-refractivity contribution in [2.24, 2.45) is 0 Å². The number of anilines is 1. The summed E-state index contributed by atoms with van der Waals surface area (Å²) in [7, 11) is 0. The lowest BCUT2D eigenvalue weighted by atomic mass is 10.1. The van der Waals surface area contributed by atoms with Crippen LogP contribution in [0, 0.1) is 0 Å². The van der Waals surface area contributed by atoms with Gasteiger partial charge < -0.3 is 10.1 Å². The minimum absolute atomic E-state index is 0.116. The fourth-order valence-electron chi connectivity index (χ4n) is 3.73. The van der Waals surface area contributed by atoms with Gasteiger partial charge in [-0.25, -0.2) is 5.01 Å². The van der Waals surface area contributed by atoms with E-state index in [9.17, 15) is 14.4 Å². The molecule has 3 amide bonds. The molecule has 0 saturated carbocycles. The van der Waals surface area contributed by atoms with Gasteiger partial charge in [0.05, 0.1) is 19.6 Å². The zero-order valence-corrected chi connectivity index (χ0v) is 20.4. The van der Waals surface area contributed by atoms with Crippen LogP contribution in [0.2, 0.25) is 0 Å². The average molecular weight is 504 g/mol. The van der Waals surface area contributed by atoms with E-state index in [4.69, 9.17) is 17.0 Å². The number of hydrogen-bond acceptors (Lipinski definition) is 6. The van der Waals surface area contributed by atoms with Gasteiger partial charge in [0.2, 0.25) is 5.91 Å². The number of rotatable bonds is 9. The molecule has 10 heteroatoms. The quantitative estimate of drug-likeness (QED) is 0.433. The van der Waals surface area contributed by atoms with Crippen molar-refractivity contribution in [2.45, 2.75) is 25.9 Å². The van der Waals surface area contributed by atoms with E-state index in [1.165, 1.54) is 22.3 Å². The minimum Gasteiger partial charge on any atom is -0.494 e. The molecule has 0 spiro atoms. The Balaban J connectivity index is 1.52. The van der Waals surface area contributed by atoms with Gasteiger partial charge in [0.15, 0.2) is 5.11 Å². The summed E-state index contributed by atoms with van der Waals surface area (Å²) in [6.07, 6.45) is 2.77. The molecule has 1 aliphatic rings. The van der Waals surface area contributed by atoms with E-state index in [1.807, 2.05) is 37.3 Å². The van der Waals surface area contributed by atoms with Crippen LogP contribution in [-0.2, 0) is 16.1 Å². The van der Waals surface area contributed by atoms with Gasteiger partial charge >= 0.3 is 0 Å². The van der Waals surface area contributed by atoms with E-state index in [1.54, 1.807) is 36.4 Å². The fourth-order valence-corrected chi connectivity index (χ4v) is 4.06. The van der Waals surface area contributed by atoms with Crippen LogP contribution < -0.4 is 15.5 Å². The molecule has 2 N–H and O–H groups in total. The summed E-state index contributed by atoms with van der Waals surface area (Å²) >= 11 is 5.56. The lowest BCUT2D eigenvalue weighted by molar-refractivity contribution is -0.131. The highest BCUT2D eigenvalue weighted by Gasteiger charge is 2.44. The molecule has 1 atom stereocenters. The molecular formula is C26H25N5O4S. The van der Waals surface area contributed by atoms with E-state index in [-0.39, 0.29) is 24.0 Å². The normalized spacial score (nSPS) is 15.1. The van der Waals surface area contributed by atoms with Crippen molar-refractivity contribution in [3.63, 3.8) is 0 Å². The predicted molar refractivity (Wildman–Crippen MR) is 138 cm³/mol. The van der Waals surface area contributed by atoms with E-state index in [0.29, 0.717) is 23.6 Å². The first-order valence-electron chi connectivity index (χ1n) is 11.4. The molecule has 0 bridgehead atoms. The maximum atomic E-state index is 13.4. The van der Waals surface area contributed by atoms with Crippen LogP contribution in [0.1, 0.15) is 29.3 Å². The number of thiocarbonyl (C=S) groups is 1. The van der Waals surface area contributed by atoms with Gasteiger partial charge in [-0.15, -0.1) is 0 Å². The molecule has 1 aromatic heterocycles. The molecule has 2 aromatic carbocycles. The topological polar surface area (TPSA) is 104 Å². The van der Waals surface area contributed by atoms with Crippen molar-refractivity contribution in [1.29, 1.82) is 0 Å². The molecule has 3 aromatic rings. The third-order valence-corrected chi connectivity index (χ3v) is 5.89. The van der Waals surface area contributed by atoms with Gasteiger partial charge in [-0.1, -0.05) is 30.3 Å². The highest BCUT2D eigenvalue weighted by Crippen LogP contribution is 2.23. The van der Waals surface area contributed by atoms with Gasteiger partial charge in [0.1, 0.15) is 11.8 Å². The summed E-state index contributed by atoms with van der Waals surface area (Å²) in [6, 6.07) is 18.4. The van der Waals surface area contributed by atoms with Crippen molar-refractivity contribution in [3.8, 4) is 5.75 Å². The van der Waals surface area contributed by atoms with Gasteiger partial charge in [-0.05, 0) is 61.1 Å². The second-order valence-corrected chi connectivity index (χ2v) is 8.33. The number of carbonyl (C=O) groups excluding carboxylic acids is 3. The summed E-state index contributed by atoms with van der Waals surface area (Å²) in [5.41, 5.74) is 4.47. The third kappa shape index (κ3) is 5.84. The highest BCUT2D eigenvalue weighted by atomic mass is 32.1. The number of amides is 3. The van der Waals surface area contributed by atoms with Crippen LogP contribution in [-0.4, -0.2) is 50.4 Å². The van der Waals surface area contributed by atoms with Gasteiger partial charge in [-0.2, -0.15) is 0 Å². The number of benzene rings is 2. The largest absolute Gasteiger partial charge is 0.494 e. The molecule has 184 valence electrons. The lowest BCUT2D eigenvalue weighted by Crippen LogP contribution is -2.49. The summed E-state index contributed by atoms with van der Waals surface area (Å²) in [4.78, 5) is 44.4. The first kappa shape index (κ1) is 24.8. The molecule has 0 radical (unpaired) electrons. The zero-order chi connectivity index (χ0) is 25.5. The Morgan fingerprint density at radius 2 is 1.72 bits per heavy atom. The molecule has 0 aliphatic carbocycles. The lowest BCUT2D eigenvalue weighted by Gasteiger charge is -2.24. The number of carbonyl (C=O) groups is 3. The number of ether oxygens (including phenoxy) is 1. The highest BCUT2D eigenvalue weighted by molar-refractivity contribution is 7.80.